The zero-order chi connectivity index (χ0) is 17.9. The minimum Gasteiger partial charge on any atom is -0.497 e. The van der Waals surface area contributed by atoms with E-state index in [1.807, 2.05) is 18.2 Å². The van der Waals surface area contributed by atoms with Gasteiger partial charge >= 0.3 is 0 Å². The molecule has 0 unspecified atom stereocenters. The minimum absolute atomic E-state index is 0.364. The molecule has 0 aliphatic carbocycles. The Morgan fingerprint density at radius 3 is 2.88 bits per heavy atom. The fraction of sp³-hybridized carbons (Fsp3) is 0.474. The highest BCUT2D eigenvalue weighted by atomic mass is 16.5. The average molecular weight is 356 g/mol. The third-order valence-corrected chi connectivity index (χ3v) is 4.84. The Hall–Kier alpha value is -2.54. The molecule has 1 saturated heterocycles. The average Bonchev–Trinajstić information content (AvgIpc) is 2.68. The van der Waals surface area contributed by atoms with E-state index < -0.39 is 0 Å². The van der Waals surface area contributed by atoms with Gasteiger partial charge in [-0.05, 0) is 24.5 Å². The molecule has 3 heterocycles. The Morgan fingerprint density at radius 1 is 1.23 bits per heavy atom. The van der Waals surface area contributed by atoms with Crippen molar-refractivity contribution >= 4 is 11.8 Å². The van der Waals surface area contributed by atoms with Gasteiger partial charge < -0.3 is 24.8 Å². The summed E-state index contributed by atoms with van der Waals surface area (Å²) in [5.74, 6) is 3.31. The largest absolute Gasteiger partial charge is 0.497 e. The summed E-state index contributed by atoms with van der Waals surface area (Å²) in [5, 5.41) is 0. The summed E-state index contributed by atoms with van der Waals surface area (Å²) < 4.78 is 16.6. The van der Waals surface area contributed by atoms with Crippen molar-refractivity contribution in [3.63, 3.8) is 0 Å². The molecule has 0 spiro atoms. The first-order valence-corrected chi connectivity index (χ1v) is 8.97. The summed E-state index contributed by atoms with van der Waals surface area (Å²) in [6.07, 6.45) is 1.77. The Labute approximate surface area is 153 Å². The molecule has 7 nitrogen and oxygen atoms in total. The van der Waals surface area contributed by atoms with E-state index >= 15 is 0 Å². The van der Waals surface area contributed by atoms with Crippen molar-refractivity contribution in [2.24, 2.45) is 5.92 Å². The number of hydrogen-bond donors (Lipinski definition) is 1. The molecule has 1 atom stereocenters. The third-order valence-electron chi connectivity index (χ3n) is 4.84. The number of nitrogens with zero attached hydrogens (tertiary/aromatic N) is 3. The Morgan fingerprint density at radius 2 is 2.08 bits per heavy atom. The predicted octanol–water partition coefficient (Wildman–Crippen LogP) is 1.70. The van der Waals surface area contributed by atoms with E-state index in [1.54, 1.807) is 7.11 Å². The van der Waals surface area contributed by atoms with E-state index in [0.717, 1.165) is 43.1 Å². The SMILES string of the molecule is COc1ccc2c(c1)OC[C@H](Cc1cc(N)nc(N3CCOCC3)n1)C2. The van der Waals surface area contributed by atoms with Gasteiger partial charge in [0.2, 0.25) is 5.95 Å². The maximum absolute atomic E-state index is 6.03. The van der Waals surface area contributed by atoms with Gasteiger partial charge in [0.05, 0.1) is 26.9 Å². The van der Waals surface area contributed by atoms with Crippen molar-refractivity contribution in [1.29, 1.82) is 0 Å². The number of hydrogen-bond acceptors (Lipinski definition) is 7. The number of benzene rings is 1. The standard InChI is InChI=1S/C19H24N4O3/c1-24-16-3-2-14-8-13(12-26-17(14)11-16)9-15-10-18(20)22-19(21-15)23-4-6-25-7-5-23/h2-3,10-11,13H,4-9,12H2,1H3,(H2,20,21,22)/t13-/m0/s1. The molecule has 138 valence electrons. The van der Waals surface area contributed by atoms with Gasteiger partial charge in [0.1, 0.15) is 17.3 Å². The molecule has 2 aromatic rings. The summed E-state index contributed by atoms with van der Waals surface area (Å²) in [6, 6.07) is 7.87. The first-order chi connectivity index (χ1) is 12.7. The molecule has 1 fully saturated rings. The number of nitrogens with two attached hydrogens (primary N) is 1. The molecule has 1 aromatic heterocycles. The Balaban J connectivity index is 1.48. The quantitative estimate of drug-likeness (QED) is 0.893. The summed E-state index contributed by atoms with van der Waals surface area (Å²) >= 11 is 0. The van der Waals surface area contributed by atoms with Crippen molar-refractivity contribution < 1.29 is 14.2 Å². The lowest BCUT2D eigenvalue weighted by molar-refractivity contribution is 0.122. The number of ether oxygens (including phenoxy) is 3. The van der Waals surface area contributed by atoms with Crippen LogP contribution in [0.25, 0.3) is 0 Å². The number of fused-ring (bicyclic) bond motifs is 1. The molecule has 0 bridgehead atoms. The van der Waals surface area contributed by atoms with Gasteiger partial charge in [-0.15, -0.1) is 0 Å². The van der Waals surface area contributed by atoms with E-state index in [2.05, 4.69) is 16.0 Å². The van der Waals surface area contributed by atoms with Gasteiger partial charge in [0.25, 0.3) is 0 Å². The van der Waals surface area contributed by atoms with Crippen LogP contribution in [0, 0.1) is 5.92 Å². The van der Waals surface area contributed by atoms with Gasteiger partial charge in [-0.25, -0.2) is 4.98 Å². The van der Waals surface area contributed by atoms with Gasteiger partial charge in [0.15, 0.2) is 0 Å². The molecule has 0 radical (unpaired) electrons. The van der Waals surface area contributed by atoms with Gasteiger partial charge in [0, 0.05) is 36.8 Å². The smallest absolute Gasteiger partial charge is 0.227 e. The van der Waals surface area contributed by atoms with Crippen LogP contribution in [0.5, 0.6) is 11.5 Å². The first kappa shape index (κ1) is 16.9. The van der Waals surface area contributed by atoms with Crippen LogP contribution in [0.15, 0.2) is 24.3 Å². The lowest BCUT2D eigenvalue weighted by Gasteiger charge is -2.28. The van der Waals surface area contributed by atoms with Crippen LogP contribution >= 0.6 is 0 Å². The second-order valence-corrected chi connectivity index (χ2v) is 6.74. The highest BCUT2D eigenvalue weighted by Gasteiger charge is 2.22. The fourth-order valence-corrected chi connectivity index (χ4v) is 3.48. The molecule has 2 aliphatic rings. The molecular weight excluding hydrogens is 332 g/mol. The molecule has 2 N–H and O–H groups in total. The lowest BCUT2D eigenvalue weighted by Crippen LogP contribution is -2.37. The topological polar surface area (TPSA) is 82.7 Å². The van der Waals surface area contributed by atoms with E-state index in [4.69, 9.17) is 24.9 Å². The van der Waals surface area contributed by atoms with Crippen LogP contribution in [-0.2, 0) is 17.6 Å². The summed E-state index contributed by atoms with van der Waals surface area (Å²) in [5.41, 5.74) is 8.19. The van der Waals surface area contributed by atoms with E-state index in [0.29, 0.717) is 37.5 Å². The Kier molecular flexibility index (Phi) is 4.79. The molecule has 2 aliphatic heterocycles. The van der Waals surface area contributed by atoms with Crippen molar-refractivity contribution in [3.8, 4) is 11.5 Å². The number of anilines is 2. The van der Waals surface area contributed by atoms with Gasteiger partial charge in [-0.3, -0.25) is 0 Å². The van der Waals surface area contributed by atoms with Gasteiger partial charge in [-0.1, -0.05) is 6.07 Å². The molecule has 7 heteroatoms. The number of morpholine rings is 1. The molecule has 4 rings (SSSR count). The van der Waals surface area contributed by atoms with Crippen LogP contribution < -0.4 is 20.1 Å². The van der Waals surface area contributed by atoms with Crippen LogP contribution in [0.4, 0.5) is 11.8 Å². The maximum atomic E-state index is 6.03. The summed E-state index contributed by atoms with van der Waals surface area (Å²) in [4.78, 5) is 11.3. The molecule has 0 saturated carbocycles. The van der Waals surface area contributed by atoms with Crippen LogP contribution in [0.2, 0.25) is 0 Å². The van der Waals surface area contributed by atoms with Crippen LogP contribution in [0.3, 0.4) is 0 Å². The van der Waals surface area contributed by atoms with Crippen molar-refractivity contribution in [2.45, 2.75) is 12.8 Å². The van der Waals surface area contributed by atoms with Crippen molar-refractivity contribution in [3.05, 3.63) is 35.5 Å². The van der Waals surface area contributed by atoms with Gasteiger partial charge in [-0.2, -0.15) is 4.98 Å². The number of rotatable bonds is 4. The van der Waals surface area contributed by atoms with Crippen LogP contribution in [-0.4, -0.2) is 50.0 Å². The number of nitrogen functional groups attached to an aromatic ring is 1. The Bertz CT molecular complexity index is 777. The number of methoxy groups -OCH3 is 1. The zero-order valence-corrected chi connectivity index (χ0v) is 15.0. The maximum Gasteiger partial charge on any atom is 0.227 e. The summed E-state index contributed by atoms with van der Waals surface area (Å²) in [7, 11) is 1.67. The van der Waals surface area contributed by atoms with Crippen molar-refractivity contribution in [2.75, 3.05) is 50.7 Å². The molecule has 26 heavy (non-hydrogen) atoms. The predicted molar refractivity (Wildman–Crippen MR) is 98.9 cm³/mol. The fourth-order valence-electron chi connectivity index (χ4n) is 3.48. The van der Waals surface area contributed by atoms with E-state index in [-0.39, 0.29) is 0 Å². The highest BCUT2D eigenvalue weighted by Crippen LogP contribution is 2.32. The van der Waals surface area contributed by atoms with E-state index in [1.165, 1.54) is 5.56 Å². The zero-order valence-electron chi connectivity index (χ0n) is 15.0. The monoisotopic (exact) mass is 356 g/mol. The lowest BCUT2D eigenvalue weighted by atomic mass is 9.92. The minimum atomic E-state index is 0.364. The van der Waals surface area contributed by atoms with Crippen molar-refractivity contribution in [1.82, 2.24) is 9.97 Å². The normalized spacial score (nSPS) is 19.6. The second-order valence-electron chi connectivity index (χ2n) is 6.74. The highest BCUT2D eigenvalue weighted by molar-refractivity contribution is 5.43. The third kappa shape index (κ3) is 3.67. The van der Waals surface area contributed by atoms with Crippen LogP contribution in [0.1, 0.15) is 11.3 Å². The first-order valence-electron chi connectivity index (χ1n) is 8.97. The number of aromatic nitrogens is 2. The second kappa shape index (κ2) is 7.37. The molecular formula is C19H24N4O3. The molecule has 1 aromatic carbocycles. The van der Waals surface area contributed by atoms with E-state index in [9.17, 15) is 0 Å². The summed E-state index contributed by atoms with van der Waals surface area (Å²) in [6.45, 7) is 3.65. The molecule has 0 amide bonds.